The molecule has 2 aromatic heterocycles. The van der Waals surface area contributed by atoms with Crippen LogP contribution in [0, 0.1) is 0 Å². The summed E-state index contributed by atoms with van der Waals surface area (Å²) in [7, 11) is 2.03. The molecule has 3 heterocycles. The van der Waals surface area contributed by atoms with E-state index in [0.717, 1.165) is 43.2 Å². The second kappa shape index (κ2) is 5.27. The molecule has 0 spiro atoms. The molecular weight excluding hydrogens is 240 g/mol. The van der Waals surface area contributed by atoms with E-state index in [2.05, 4.69) is 21.8 Å². The van der Waals surface area contributed by atoms with Crippen molar-refractivity contribution >= 4 is 11.2 Å². The van der Waals surface area contributed by atoms with Gasteiger partial charge in [-0.3, -0.25) is 0 Å². The highest BCUT2D eigenvalue weighted by Gasteiger charge is 2.32. The van der Waals surface area contributed by atoms with E-state index in [1.807, 2.05) is 25.4 Å². The van der Waals surface area contributed by atoms with Crippen LogP contribution in [0.1, 0.15) is 25.1 Å². The van der Waals surface area contributed by atoms with Crippen LogP contribution < -0.4 is 5.32 Å². The van der Waals surface area contributed by atoms with Crippen molar-refractivity contribution in [2.45, 2.75) is 25.3 Å². The van der Waals surface area contributed by atoms with Crippen LogP contribution in [-0.2, 0) is 11.8 Å². The summed E-state index contributed by atoms with van der Waals surface area (Å²) >= 11 is 0. The van der Waals surface area contributed by atoms with Crippen molar-refractivity contribution < 1.29 is 4.74 Å². The van der Waals surface area contributed by atoms with E-state index in [0.29, 0.717) is 12.0 Å². The molecule has 0 radical (unpaired) electrons. The van der Waals surface area contributed by atoms with Gasteiger partial charge in [0.25, 0.3) is 0 Å². The van der Waals surface area contributed by atoms with Gasteiger partial charge in [0.05, 0.1) is 19.1 Å². The molecule has 2 aromatic rings. The number of aryl methyl sites for hydroxylation is 1. The average molecular weight is 260 g/mol. The zero-order valence-electron chi connectivity index (χ0n) is 11.5. The molecule has 0 aliphatic carbocycles. The summed E-state index contributed by atoms with van der Waals surface area (Å²) in [4.78, 5) is 9.13. The topological polar surface area (TPSA) is 52.0 Å². The number of hydrogen-bond acceptors (Lipinski definition) is 4. The third-order valence-electron chi connectivity index (χ3n) is 3.73. The van der Waals surface area contributed by atoms with Crippen LogP contribution in [0.5, 0.6) is 0 Å². The Morgan fingerprint density at radius 3 is 3.16 bits per heavy atom. The molecule has 1 fully saturated rings. The molecule has 1 aliphatic rings. The Bertz CT molecular complexity index is 566. The summed E-state index contributed by atoms with van der Waals surface area (Å²) in [6.07, 6.45) is 2.94. The van der Waals surface area contributed by atoms with Gasteiger partial charge < -0.3 is 14.6 Å². The van der Waals surface area contributed by atoms with Gasteiger partial charge in [-0.2, -0.15) is 0 Å². The Morgan fingerprint density at radius 2 is 2.37 bits per heavy atom. The Hall–Kier alpha value is -1.46. The Balaban J connectivity index is 1.92. The highest BCUT2D eigenvalue weighted by atomic mass is 16.5. The molecule has 5 nitrogen and oxygen atoms in total. The van der Waals surface area contributed by atoms with Crippen LogP contribution >= 0.6 is 0 Å². The molecule has 5 heteroatoms. The summed E-state index contributed by atoms with van der Waals surface area (Å²) in [5, 5.41) is 3.55. The number of imidazole rings is 1. The van der Waals surface area contributed by atoms with Crippen molar-refractivity contribution in [3.8, 4) is 0 Å². The van der Waals surface area contributed by atoms with Crippen LogP contribution in [-0.4, -0.2) is 40.3 Å². The van der Waals surface area contributed by atoms with E-state index in [9.17, 15) is 0 Å². The van der Waals surface area contributed by atoms with Gasteiger partial charge in [-0.25, -0.2) is 9.97 Å². The molecule has 1 saturated heterocycles. The molecule has 2 atom stereocenters. The normalized spacial score (nSPS) is 23.3. The Morgan fingerprint density at radius 1 is 1.47 bits per heavy atom. The minimum Gasteiger partial charge on any atom is -0.379 e. The van der Waals surface area contributed by atoms with Crippen molar-refractivity contribution in [3.63, 3.8) is 0 Å². The number of hydrogen-bond donors (Lipinski definition) is 1. The predicted octanol–water partition coefficient (Wildman–Crippen LogP) is 1.45. The van der Waals surface area contributed by atoms with Crippen molar-refractivity contribution in [2.75, 3.05) is 19.8 Å². The first-order valence-corrected chi connectivity index (χ1v) is 6.89. The zero-order chi connectivity index (χ0) is 13.2. The van der Waals surface area contributed by atoms with Crippen LogP contribution in [0.25, 0.3) is 11.2 Å². The van der Waals surface area contributed by atoms with Gasteiger partial charge in [-0.15, -0.1) is 0 Å². The Labute approximate surface area is 113 Å². The van der Waals surface area contributed by atoms with Crippen LogP contribution in [0.15, 0.2) is 18.3 Å². The number of fused-ring (bicyclic) bond motifs is 1. The molecular formula is C14H20N4O. The fraction of sp³-hybridized carbons (Fsp3) is 0.571. The summed E-state index contributed by atoms with van der Waals surface area (Å²) in [6, 6.07) is 4.29. The smallest absolute Gasteiger partial charge is 0.159 e. The van der Waals surface area contributed by atoms with E-state index in [1.165, 1.54) is 0 Å². The minimum atomic E-state index is 0.311. The second-order valence-corrected chi connectivity index (χ2v) is 5.08. The quantitative estimate of drug-likeness (QED) is 0.904. The largest absolute Gasteiger partial charge is 0.379 e. The van der Waals surface area contributed by atoms with Crippen molar-refractivity contribution in [2.24, 2.45) is 7.05 Å². The molecule has 0 bridgehead atoms. The summed E-state index contributed by atoms with van der Waals surface area (Å²) in [5.41, 5.74) is 1.90. The lowest BCUT2D eigenvalue weighted by Crippen LogP contribution is -2.35. The summed E-state index contributed by atoms with van der Waals surface area (Å²) in [5.74, 6) is 1.38. The van der Waals surface area contributed by atoms with Crippen LogP contribution in [0.3, 0.4) is 0 Å². The van der Waals surface area contributed by atoms with Crippen molar-refractivity contribution in [1.82, 2.24) is 19.9 Å². The maximum atomic E-state index is 5.64. The number of pyridine rings is 1. The molecule has 19 heavy (non-hydrogen) atoms. The van der Waals surface area contributed by atoms with Crippen molar-refractivity contribution in [3.05, 3.63) is 24.2 Å². The maximum absolute atomic E-state index is 5.64. The molecule has 0 amide bonds. The van der Waals surface area contributed by atoms with Gasteiger partial charge in [-0.05, 0) is 25.1 Å². The summed E-state index contributed by atoms with van der Waals surface area (Å²) < 4.78 is 7.73. The Kier molecular flexibility index (Phi) is 3.48. The number of nitrogens with one attached hydrogen (secondary N) is 1. The fourth-order valence-electron chi connectivity index (χ4n) is 2.71. The lowest BCUT2D eigenvalue weighted by molar-refractivity contribution is 0.187. The molecule has 2 unspecified atom stereocenters. The molecule has 1 N–H and O–H groups in total. The van der Waals surface area contributed by atoms with Gasteiger partial charge in [-0.1, -0.05) is 6.92 Å². The maximum Gasteiger partial charge on any atom is 0.159 e. The van der Waals surface area contributed by atoms with E-state index < -0.39 is 0 Å². The minimum absolute atomic E-state index is 0.311. The third-order valence-corrected chi connectivity index (χ3v) is 3.73. The number of ether oxygens (including phenoxy) is 1. The van der Waals surface area contributed by atoms with Crippen LogP contribution in [0.2, 0.25) is 0 Å². The lowest BCUT2D eigenvalue weighted by atomic mass is 10.0. The number of rotatable bonds is 4. The fourth-order valence-corrected chi connectivity index (χ4v) is 2.71. The van der Waals surface area contributed by atoms with E-state index >= 15 is 0 Å². The van der Waals surface area contributed by atoms with Gasteiger partial charge in [0.2, 0.25) is 0 Å². The van der Waals surface area contributed by atoms with Gasteiger partial charge >= 0.3 is 0 Å². The predicted molar refractivity (Wildman–Crippen MR) is 74.2 cm³/mol. The molecule has 0 saturated carbocycles. The highest BCUT2D eigenvalue weighted by molar-refractivity contribution is 5.71. The second-order valence-electron chi connectivity index (χ2n) is 5.08. The van der Waals surface area contributed by atoms with Gasteiger partial charge in [0.15, 0.2) is 5.65 Å². The summed E-state index contributed by atoms with van der Waals surface area (Å²) in [6.45, 7) is 4.70. The number of nitrogens with zero attached hydrogens (tertiary/aromatic N) is 3. The average Bonchev–Trinajstić information content (AvgIpc) is 3.01. The van der Waals surface area contributed by atoms with Gasteiger partial charge in [0, 0.05) is 19.3 Å². The van der Waals surface area contributed by atoms with Gasteiger partial charge in [0.1, 0.15) is 11.3 Å². The lowest BCUT2D eigenvalue weighted by Gasteiger charge is -2.18. The first kappa shape index (κ1) is 12.6. The SMILES string of the molecule is CCCNC1COCC1c1nc2cccnc2n1C. The molecule has 3 rings (SSSR count). The van der Waals surface area contributed by atoms with E-state index in [-0.39, 0.29) is 0 Å². The molecule has 1 aliphatic heterocycles. The monoisotopic (exact) mass is 260 g/mol. The van der Waals surface area contributed by atoms with E-state index in [4.69, 9.17) is 9.72 Å². The molecule has 102 valence electrons. The zero-order valence-corrected chi connectivity index (χ0v) is 11.5. The number of aromatic nitrogens is 3. The standard InChI is InChI=1S/C14H20N4O/c1-3-6-15-12-9-19-8-10(12)13-17-11-5-4-7-16-14(11)18(13)2/h4-5,7,10,12,15H,3,6,8-9H2,1-2H3. The van der Waals surface area contributed by atoms with Crippen LogP contribution in [0.4, 0.5) is 0 Å². The van der Waals surface area contributed by atoms with Crippen molar-refractivity contribution in [1.29, 1.82) is 0 Å². The third kappa shape index (κ3) is 2.24. The first-order valence-electron chi connectivity index (χ1n) is 6.89. The first-order chi connectivity index (χ1) is 9.31. The highest BCUT2D eigenvalue weighted by Crippen LogP contribution is 2.27. The van der Waals surface area contributed by atoms with E-state index in [1.54, 1.807) is 0 Å². The molecule has 0 aromatic carbocycles.